The Morgan fingerprint density at radius 2 is 2.36 bits per heavy atom. The molecule has 0 spiro atoms. The van der Waals surface area contributed by atoms with Crippen molar-refractivity contribution in [2.24, 2.45) is 5.84 Å². The molecule has 5 heteroatoms. The molecule has 4 nitrogen and oxygen atoms in total. The van der Waals surface area contributed by atoms with Crippen LogP contribution >= 0.6 is 15.9 Å². The number of carbonyl (C=O) groups is 1. The molecule has 0 heterocycles. The summed E-state index contributed by atoms with van der Waals surface area (Å²) in [6.07, 6.45) is 2.95. The van der Waals surface area contributed by atoms with Gasteiger partial charge in [-0.2, -0.15) is 0 Å². The van der Waals surface area contributed by atoms with E-state index in [4.69, 9.17) is 10.9 Å². The summed E-state index contributed by atoms with van der Waals surface area (Å²) in [6, 6.07) is 0. The van der Waals surface area contributed by atoms with E-state index >= 15 is 0 Å². The number of hydrogen-bond donors (Lipinski definition) is 2. The van der Waals surface area contributed by atoms with E-state index in [1.54, 1.807) is 0 Å². The monoisotopic (exact) mass is 220 g/mol. The lowest BCUT2D eigenvalue weighted by atomic mass is 10.5. The van der Waals surface area contributed by atoms with Crippen molar-refractivity contribution in [1.29, 1.82) is 0 Å². The molecule has 0 rings (SSSR count). The third-order valence-electron chi connectivity index (χ3n) is 0.802. The summed E-state index contributed by atoms with van der Waals surface area (Å²) in [7, 11) is 0. The molecular weight excluding hydrogens is 212 g/mol. The molecule has 0 amide bonds. The molecule has 0 radical (unpaired) electrons. The lowest BCUT2D eigenvalue weighted by molar-refractivity contribution is -0.137. The largest absolute Gasteiger partial charge is 0.480 e. The van der Waals surface area contributed by atoms with Gasteiger partial charge in [0.05, 0.1) is 0 Å². The third-order valence-corrected chi connectivity index (χ3v) is 1.33. The average Bonchev–Trinajstić information content (AvgIpc) is 1.85. The summed E-state index contributed by atoms with van der Waals surface area (Å²) in [5.41, 5.74) is 0. The molecule has 0 aliphatic heterocycles. The van der Waals surface area contributed by atoms with Gasteiger partial charge in [-0.15, -0.1) is 0 Å². The molecule has 3 N–H and O–H groups in total. The number of nitrogens with zero attached hydrogens (tertiary/aromatic N) is 1. The van der Waals surface area contributed by atoms with Crippen LogP contribution in [0, 0.1) is 0 Å². The first-order valence-electron chi connectivity index (χ1n) is 2.79. The van der Waals surface area contributed by atoms with E-state index in [9.17, 15) is 4.79 Å². The summed E-state index contributed by atoms with van der Waals surface area (Å²) < 4.78 is 0.640. The second-order valence-corrected chi connectivity index (χ2v) is 2.70. The Kier molecular flexibility index (Phi) is 4.56. The minimum atomic E-state index is -0.979. The van der Waals surface area contributed by atoms with E-state index in [2.05, 4.69) is 22.5 Å². The smallest absolute Gasteiger partial charge is 0.324 e. The Balaban J connectivity index is 3.95. The number of allylic oxidation sites excluding steroid dienone is 2. The van der Waals surface area contributed by atoms with Crippen molar-refractivity contribution in [2.75, 3.05) is 6.54 Å². The molecule has 0 saturated heterocycles. The molecule has 0 atom stereocenters. The topological polar surface area (TPSA) is 66.6 Å². The summed E-state index contributed by atoms with van der Waals surface area (Å²) in [5, 5.41) is 9.33. The molecule has 0 fully saturated rings. The number of hydrogen-bond acceptors (Lipinski definition) is 3. The molecule has 0 unspecified atom stereocenters. The van der Waals surface area contributed by atoms with Crippen molar-refractivity contribution in [3.63, 3.8) is 0 Å². The van der Waals surface area contributed by atoms with Crippen molar-refractivity contribution in [1.82, 2.24) is 5.01 Å². The number of nitrogens with two attached hydrogens (primary N) is 1. The predicted molar refractivity (Wildman–Crippen MR) is 45.7 cm³/mol. The SMILES string of the molecule is C=C/C(Br)=C\N(N)CC(=O)O. The van der Waals surface area contributed by atoms with Crippen LogP contribution in [-0.4, -0.2) is 22.6 Å². The first kappa shape index (κ1) is 10.2. The molecule has 0 aliphatic rings. The van der Waals surface area contributed by atoms with Crippen LogP contribution in [0.15, 0.2) is 23.3 Å². The fourth-order valence-corrected chi connectivity index (χ4v) is 0.676. The first-order valence-corrected chi connectivity index (χ1v) is 3.58. The Labute approximate surface area is 73.1 Å². The zero-order valence-electron chi connectivity index (χ0n) is 5.83. The Bertz CT molecular complexity index is 191. The van der Waals surface area contributed by atoms with Gasteiger partial charge in [0.2, 0.25) is 0 Å². The second kappa shape index (κ2) is 4.92. The van der Waals surface area contributed by atoms with Gasteiger partial charge in [0.15, 0.2) is 0 Å². The maximum absolute atomic E-state index is 10.1. The van der Waals surface area contributed by atoms with Gasteiger partial charge in [0.1, 0.15) is 6.54 Å². The lowest BCUT2D eigenvalue weighted by Gasteiger charge is -2.09. The highest BCUT2D eigenvalue weighted by molar-refractivity contribution is 9.11. The molecule has 0 bridgehead atoms. The molecular formula is C6H9BrN2O2. The fourth-order valence-electron chi connectivity index (χ4n) is 0.413. The number of rotatable bonds is 4. The minimum Gasteiger partial charge on any atom is -0.480 e. The van der Waals surface area contributed by atoms with Crippen LogP contribution in [0.25, 0.3) is 0 Å². The van der Waals surface area contributed by atoms with E-state index in [1.165, 1.54) is 12.3 Å². The average molecular weight is 221 g/mol. The van der Waals surface area contributed by atoms with Crippen molar-refractivity contribution in [3.05, 3.63) is 23.3 Å². The van der Waals surface area contributed by atoms with Gasteiger partial charge in [-0.05, 0) is 15.9 Å². The number of halogens is 1. The van der Waals surface area contributed by atoms with Gasteiger partial charge in [0, 0.05) is 10.7 Å². The molecule has 0 aromatic carbocycles. The maximum Gasteiger partial charge on any atom is 0.324 e. The van der Waals surface area contributed by atoms with Crippen molar-refractivity contribution >= 4 is 21.9 Å². The predicted octanol–water partition coefficient (Wildman–Crippen LogP) is 0.669. The van der Waals surface area contributed by atoms with E-state index in [0.29, 0.717) is 4.48 Å². The molecule has 11 heavy (non-hydrogen) atoms. The normalized spacial score (nSPS) is 10.9. The number of carboxylic acids is 1. The standard InChI is InChI=1S/C6H9BrN2O2/c1-2-5(7)3-9(8)4-6(10)11/h2-3H,1,4,8H2,(H,10,11)/b5-3+. The minimum absolute atomic E-state index is 0.233. The van der Waals surface area contributed by atoms with Gasteiger partial charge in [0.25, 0.3) is 0 Å². The van der Waals surface area contributed by atoms with Crippen LogP contribution in [0.2, 0.25) is 0 Å². The highest BCUT2D eigenvalue weighted by Crippen LogP contribution is 2.04. The molecule has 0 aliphatic carbocycles. The van der Waals surface area contributed by atoms with Gasteiger partial charge >= 0.3 is 5.97 Å². The Morgan fingerprint density at radius 3 is 2.73 bits per heavy atom. The zero-order valence-corrected chi connectivity index (χ0v) is 7.41. The van der Waals surface area contributed by atoms with Crippen LogP contribution in [0.4, 0.5) is 0 Å². The van der Waals surface area contributed by atoms with Gasteiger partial charge in [-0.25, -0.2) is 5.84 Å². The Hall–Kier alpha value is -0.810. The number of carboxylic acid groups (broad SMARTS) is 1. The van der Waals surface area contributed by atoms with Crippen molar-refractivity contribution < 1.29 is 9.90 Å². The lowest BCUT2D eigenvalue weighted by Crippen LogP contribution is -2.31. The number of hydrazine groups is 1. The van der Waals surface area contributed by atoms with Gasteiger partial charge < -0.3 is 10.1 Å². The second-order valence-electron chi connectivity index (χ2n) is 1.78. The van der Waals surface area contributed by atoms with Crippen LogP contribution in [0.3, 0.4) is 0 Å². The summed E-state index contributed by atoms with van der Waals surface area (Å²) >= 11 is 3.10. The highest BCUT2D eigenvalue weighted by atomic mass is 79.9. The fraction of sp³-hybridized carbons (Fsp3) is 0.167. The van der Waals surface area contributed by atoms with Crippen LogP contribution < -0.4 is 5.84 Å². The van der Waals surface area contributed by atoms with Crippen LogP contribution in [0.1, 0.15) is 0 Å². The summed E-state index contributed by atoms with van der Waals surface area (Å²) in [6.45, 7) is 3.21. The van der Waals surface area contributed by atoms with Crippen molar-refractivity contribution in [3.8, 4) is 0 Å². The quantitative estimate of drug-likeness (QED) is 0.416. The van der Waals surface area contributed by atoms with E-state index < -0.39 is 5.97 Å². The highest BCUT2D eigenvalue weighted by Gasteiger charge is 1.99. The zero-order chi connectivity index (χ0) is 8.85. The molecule has 0 aromatic heterocycles. The number of aliphatic carboxylic acids is 1. The summed E-state index contributed by atoms with van der Waals surface area (Å²) in [4.78, 5) is 10.1. The summed E-state index contributed by atoms with van der Waals surface area (Å²) in [5.74, 6) is 4.27. The molecule has 62 valence electrons. The maximum atomic E-state index is 10.1. The Morgan fingerprint density at radius 1 is 1.82 bits per heavy atom. The van der Waals surface area contributed by atoms with E-state index in [-0.39, 0.29) is 6.54 Å². The molecule has 0 aromatic rings. The van der Waals surface area contributed by atoms with E-state index in [0.717, 1.165) is 5.01 Å². The van der Waals surface area contributed by atoms with Gasteiger partial charge in [-0.1, -0.05) is 12.7 Å². The third kappa shape index (κ3) is 5.63. The van der Waals surface area contributed by atoms with Crippen molar-refractivity contribution in [2.45, 2.75) is 0 Å². The van der Waals surface area contributed by atoms with Gasteiger partial charge in [-0.3, -0.25) is 4.79 Å². The van der Waals surface area contributed by atoms with Crippen LogP contribution in [-0.2, 0) is 4.79 Å². The molecule has 0 saturated carbocycles. The van der Waals surface area contributed by atoms with Crippen LogP contribution in [0.5, 0.6) is 0 Å². The van der Waals surface area contributed by atoms with E-state index in [1.807, 2.05) is 0 Å². The first-order chi connectivity index (χ1) is 5.06.